The molecule has 10 heteroatoms. The number of amides is 1. The fourth-order valence-corrected chi connectivity index (χ4v) is 5.06. The van der Waals surface area contributed by atoms with Crippen LogP contribution >= 0.6 is 11.6 Å². The number of halogens is 1. The molecule has 1 unspecified atom stereocenters. The van der Waals surface area contributed by atoms with Crippen molar-refractivity contribution >= 4 is 40.9 Å². The zero-order valence-electron chi connectivity index (χ0n) is 20.7. The number of nitrogens with one attached hydrogen (secondary N) is 2. The number of hydrogen-bond donors (Lipinski definition) is 3. The number of anilines is 1. The molecule has 37 heavy (non-hydrogen) atoms. The fraction of sp³-hybridized carbons (Fsp3) is 0.407. The van der Waals surface area contributed by atoms with E-state index in [2.05, 4.69) is 10.6 Å². The maximum atomic E-state index is 13.2. The highest BCUT2D eigenvalue weighted by Crippen LogP contribution is 2.31. The molecular formula is C27H31ClN4O5. The predicted octanol–water partition coefficient (Wildman–Crippen LogP) is 4.78. The molecule has 1 saturated carbocycles. The molecule has 1 aliphatic rings. The maximum Gasteiger partial charge on any atom is 0.325 e. The summed E-state index contributed by atoms with van der Waals surface area (Å²) in [4.78, 5) is 41.4. The number of fused-ring (bicyclic) bond motifs is 1. The van der Waals surface area contributed by atoms with E-state index in [0.29, 0.717) is 27.7 Å². The van der Waals surface area contributed by atoms with Crippen molar-refractivity contribution < 1.29 is 24.2 Å². The van der Waals surface area contributed by atoms with Gasteiger partial charge in [-0.3, -0.25) is 18.8 Å². The van der Waals surface area contributed by atoms with Crippen LogP contribution in [0, 0.1) is 5.92 Å². The maximum absolute atomic E-state index is 13.2. The molecule has 3 N–H and O–H groups in total. The van der Waals surface area contributed by atoms with E-state index in [0.717, 1.165) is 37.7 Å². The Labute approximate surface area is 220 Å². The van der Waals surface area contributed by atoms with Gasteiger partial charge in [-0.05, 0) is 49.9 Å². The summed E-state index contributed by atoms with van der Waals surface area (Å²) in [5.74, 6) is -0.964. The van der Waals surface area contributed by atoms with Gasteiger partial charge in [-0.2, -0.15) is 0 Å². The first-order valence-corrected chi connectivity index (χ1v) is 12.9. The second-order valence-corrected chi connectivity index (χ2v) is 9.63. The Morgan fingerprint density at radius 1 is 1.19 bits per heavy atom. The molecule has 9 nitrogen and oxygen atoms in total. The number of aliphatic carboxylic acids is 1. The van der Waals surface area contributed by atoms with Crippen LogP contribution in [0.3, 0.4) is 0 Å². The van der Waals surface area contributed by atoms with Crippen molar-refractivity contribution in [3.63, 3.8) is 0 Å². The number of carboxylic acids is 1. The number of pyridine rings is 1. The van der Waals surface area contributed by atoms with Crippen molar-refractivity contribution in [3.8, 4) is 11.3 Å². The zero-order valence-corrected chi connectivity index (χ0v) is 21.5. The monoisotopic (exact) mass is 526 g/mol. The zero-order chi connectivity index (χ0) is 26.4. The molecule has 4 rings (SSSR count). The number of carbonyl (C=O) groups is 3. The Morgan fingerprint density at radius 2 is 1.97 bits per heavy atom. The molecule has 1 aromatic carbocycles. The highest BCUT2D eigenvalue weighted by Gasteiger charge is 2.28. The third-order valence-electron chi connectivity index (χ3n) is 6.62. The SMILES string of the molecule is CCOC(=O)CNc1c(-c2cccc(Cl)c2)nc2cc(C(=O)NC(CC(=O)O)C3CCCCC3)ccn12. The van der Waals surface area contributed by atoms with E-state index in [1.807, 2.05) is 12.1 Å². The lowest BCUT2D eigenvalue weighted by atomic mass is 9.82. The Bertz CT molecular complexity index is 1290. The average molecular weight is 527 g/mol. The summed E-state index contributed by atoms with van der Waals surface area (Å²) in [5, 5.41) is 16.0. The van der Waals surface area contributed by atoms with Crippen LogP contribution in [0.15, 0.2) is 42.6 Å². The largest absolute Gasteiger partial charge is 0.481 e. The van der Waals surface area contributed by atoms with E-state index in [4.69, 9.17) is 21.3 Å². The van der Waals surface area contributed by atoms with Gasteiger partial charge in [0.2, 0.25) is 0 Å². The van der Waals surface area contributed by atoms with Crippen molar-refractivity contribution in [1.29, 1.82) is 0 Å². The molecule has 2 heterocycles. The van der Waals surface area contributed by atoms with Gasteiger partial charge in [0.15, 0.2) is 0 Å². The summed E-state index contributed by atoms with van der Waals surface area (Å²) in [7, 11) is 0. The molecule has 0 saturated heterocycles. The van der Waals surface area contributed by atoms with Gasteiger partial charge in [0.25, 0.3) is 5.91 Å². The van der Waals surface area contributed by atoms with Crippen LogP contribution in [0.2, 0.25) is 5.02 Å². The van der Waals surface area contributed by atoms with Gasteiger partial charge in [0, 0.05) is 28.4 Å². The number of ether oxygens (including phenoxy) is 1. The van der Waals surface area contributed by atoms with Gasteiger partial charge in [0.1, 0.15) is 23.7 Å². The quantitative estimate of drug-likeness (QED) is 0.325. The number of aromatic nitrogens is 2. The molecule has 196 valence electrons. The minimum Gasteiger partial charge on any atom is -0.481 e. The van der Waals surface area contributed by atoms with Gasteiger partial charge < -0.3 is 20.5 Å². The van der Waals surface area contributed by atoms with Crippen LogP contribution in [0.25, 0.3) is 16.9 Å². The molecule has 0 aliphatic heterocycles. The molecule has 1 aliphatic carbocycles. The van der Waals surface area contributed by atoms with Crippen LogP contribution in [0.4, 0.5) is 5.82 Å². The summed E-state index contributed by atoms with van der Waals surface area (Å²) >= 11 is 6.21. The molecule has 1 amide bonds. The van der Waals surface area contributed by atoms with Crippen LogP contribution in [0.5, 0.6) is 0 Å². The van der Waals surface area contributed by atoms with Crippen LogP contribution in [0.1, 0.15) is 55.8 Å². The van der Waals surface area contributed by atoms with E-state index in [1.165, 1.54) is 0 Å². The molecule has 3 aromatic rings. The fourth-order valence-electron chi connectivity index (χ4n) is 4.87. The highest BCUT2D eigenvalue weighted by atomic mass is 35.5. The molecule has 0 bridgehead atoms. The summed E-state index contributed by atoms with van der Waals surface area (Å²) < 4.78 is 6.79. The Morgan fingerprint density at radius 3 is 2.68 bits per heavy atom. The van der Waals surface area contributed by atoms with Crippen molar-refractivity contribution in [2.75, 3.05) is 18.5 Å². The lowest BCUT2D eigenvalue weighted by Crippen LogP contribution is -2.42. The molecule has 0 radical (unpaired) electrons. The topological polar surface area (TPSA) is 122 Å². The van der Waals surface area contributed by atoms with Crippen molar-refractivity contribution in [3.05, 3.63) is 53.2 Å². The number of benzene rings is 1. The van der Waals surface area contributed by atoms with Crippen LogP contribution < -0.4 is 10.6 Å². The third-order valence-corrected chi connectivity index (χ3v) is 6.86. The van der Waals surface area contributed by atoms with Crippen molar-refractivity contribution in [2.45, 2.75) is 51.5 Å². The lowest BCUT2D eigenvalue weighted by Gasteiger charge is -2.30. The third kappa shape index (κ3) is 6.60. The summed E-state index contributed by atoms with van der Waals surface area (Å²) in [6.45, 7) is 1.96. The number of carbonyl (C=O) groups excluding carboxylic acids is 2. The van der Waals surface area contributed by atoms with Gasteiger partial charge in [-0.25, -0.2) is 4.98 Å². The second-order valence-electron chi connectivity index (χ2n) is 9.20. The van der Waals surface area contributed by atoms with Crippen molar-refractivity contribution in [1.82, 2.24) is 14.7 Å². The minimum absolute atomic E-state index is 0.0598. The summed E-state index contributed by atoms with van der Waals surface area (Å²) in [5.41, 5.74) is 2.17. The predicted molar refractivity (Wildman–Crippen MR) is 141 cm³/mol. The van der Waals surface area contributed by atoms with Crippen LogP contribution in [-0.4, -0.2) is 51.5 Å². The number of hydrogen-bond acceptors (Lipinski definition) is 6. The van der Waals surface area contributed by atoms with E-state index >= 15 is 0 Å². The lowest BCUT2D eigenvalue weighted by molar-refractivity contribution is -0.141. The van der Waals surface area contributed by atoms with Crippen molar-refractivity contribution in [2.24, 2.45) is 5.92 Å². The molecular weight excluding hydrogens is 496 g/mol. The first kappa shape index (κ1) is 26.5. The standard InChI is InChI=1S/C27H31ClN4O5/c1-2-37-24(35)16-29-26-25(18-9-6-10-20(28)13-18)31-22-14-19(11-12-32(22)26)27(36)30-21(15-23(33)34)17-7-4-3-5-8-17/h6,9-14,17,21,29H,2-5,7-8,15-16H2,1H3,(H,30,36)(H,33,34). The Kier molecular flexibility index (Phi) is 8.66. The number of rotatable bonds is 10. The number of nitrogens with zero attached hydrogens (tertiary/aromatic N) is 2. The smallest absolute Gasteiger partial charge is 0.325 e. The second kappa shape index (κ2) is 12.1. The van der Waals surface area contributed by atoms with E-state index in [-0.39, 0.29) is 31.4 Å². The number of carboxylic acid groups (broad SMARTS) is 1. The van der Waals surface area contributed by atoms with Gasteiger partial charge in [0.05, 0.1) is 13.0 Å². The molecule has 2 aromatic heterocycles. The normalized spacial score (nSPS) is 14.8. The molecule has 1 fully saturated rings. The van der Waals surface area contributed by atoms with Gasteiger partial charge >= 0.3 is 11.9 Å². The highest BCUT2D eigenvalue weighted by molar-refractivity contribution is 6.30. The van der Waals surface area contributed by atoms with E-state index < -0.39 is 18.0 Å². The first-order valence-electron chi connectivity index (χ1n) is 12.6. The average Bonchev–Trinajstić information content (AvgIpc) is 3.25. The van der Waals surface area contributed by atoms with Crippen LogP contribution in [-0.2, 0) is 14.3 Å². The molecule has 1 atom stereocenters. The first-order chi connectivity index (χ1) is 17.9. The Hall–Kier alpha value is -3.59. The molecule has 0 spiro atoms. The Balaban J connectivity index is 1.64. The summed E-state index contributed by atoms with van der Waals surface area (Å²) in [6.07, 6.45) is 6.65. The van der Waals surface area contributed by atoms with E-state index in [9.17, 15) is 19.5 Å². The van der Waals surface area contributed by atoms with Gasteiger partial charge in [-0.1, -0.05) is 43.0 Å². The number of esters is 1. The number of imidazole rings is 1. The minimum atomic E-state index is -0.928. The van der Waals surface area contributed by atoms with Gasteiger partial charge in [-0.15, -0.1) is 0 Å². The summed E-state index contributed by atoms with van der Waals surface area (Å²) in [6, 6.07) is 10.1. The van der Waals surface area contributed by atoms with E-state index in [1.54, 1.807) is 41.8 Å².